The first-order valence-corrected chi connectivity index (χ1v) is 7.28. The third-order valence-corrected chi connectivity index (χ3v) is 4.20. The first kappa shape index (κ1) is 14.7. The van der Waals surface area contributed by atoms with Crippen LogP contribution in [-0.4, -0.2) is 21.9 Å². The summed E-state index contributed by atoms with van der Waals surface area (Å²) >= 11 is 4.94. The lowest BCUT2D eigenvalue weighted by Gasteiger charge is -2.18. The lowest BCUT2D eigenvalue weighted by atomic mass is 10.3. The molecule has 0 spiro atoms. The fourth-order valence-electron chi connectivity index (χ4n) is 1.83. The van der Waals surface area contributed by atoms with Crippen molar-refractivity contribution in [3.63, 3.8) is 0 Å². The first-order valence-electron chi connectivity index (χ1n) is 5.61. The second kappa shape index (κ2) is 5.71. The van der Waals surface area contributed by atoms with Crippen LogP contribution in [0.1, 0.15) is 11.3 Å². The number of hydrogen-bond acceptors (Lipinski definition) is 7. The highest BCUT2D eigenvalue weighted by Crippen LogP contribution is 2.30. The van der Waals surface area contributed by atoms with Crippen molar-refractivity contribution >= 4 is 44.7 Å². The largest absolute Gasteiger partial charge is 0.368 e. The Labute approximate surface area is 127 Å². The lowest BCUT2D eigenvalue weighted by Crippen LogP contribution is -2.20. The van der Waals surface area contributed by atoms with E-state index in [1.807, 2.05) is 11.4 Å². The molecule has 9 heteroatoms. The number of aromatic nitrogens is 2. The number of nitrogens with zero attached hydrogens (tertiary/aromatic N) is 4. The molecular formula is C11H12BrN5O2S. The van der Waals surface area contributed by atoms with Crippen LogP contribution in [0.25, 0.3) is 0 Å². The van der Waals surface area contributed by atoms with Crippen LogP contribution in [0.5, 0.6) is 0 Å². The second-order valence-electron chi connectivity index (χ2n) is 4.21. The highest BCUT2D eigenvalue weighted by atomic mass is 79.9. The van der Waals surface area contributed by atoms with Crippen molar-refractivity contribution < 1.29 is 4.92 Å². The quantitative estimate of drug-likeness (QED) is 0.667. The molecule has 0 aliphatic rings. The zero-order valence-electron chi connectivity index (χ0n) is 10.8. The van der Waals surface area contributed by atoms with Gasteiger partial charge in [0.1, 0.15) is 5.69 Å². The summed E-state index contributed by atoms with van der Waals surface area (Å²) in [4.78, 5) is 20.2. The molecule has 0 saturated carbocycles. The van der Waals surface area contributed by atoms with E-state index in [0.717, 1.165) is 9.35 Å². The molecule has 0 bridgehead atoms. The van der Waals surface area contributed by atoms with Crippen molar-refractivity contribution in [3.8, 4) is 0 Å². The summed E-state index contributed by atoms with van der Waals surface area (Å²) in [5.41, 5.74) is 6.77. The van der Waals surface area contributed by atoms with Crippen molar-refractivity contribution in [2.45, 2.75) is 13.5 Å². The number of thiophene rings is 1. The van der Waals surface area contributed by atoms with Gasteiger partial charge in [0.05, 0.1) is 8.71 Å². The maximum absolute atomic E-state index is 11.2. The predicted molar refractivity (Wildman–Crippen MR) is 82.0 cm³/mol. The molecule has 0 atom stereocenters. The molecule has 0 saturated heterocycles. The van der Waals surface area contributed by atoms with Crippen LogP contribution in [0.3, 0.4) is 0 Å². The van der Waals surface area contributed by atoms with Gasteiger partial charge in [-0.3, -0.25) is 10.1 Å². The number of anilines is 2. The number of nitrogen functional groups attached to an aromatic ring is 1. The van der Waals surface area contributed by atoms with E-state index in [1.165, 1.54) is 0 Å². The van der Waals surface area contributed by atoms with Gasteiger partial charge in [-0.15, -0.1) is 11.3 Å². The molecule has 0 amide bonds. The number of rotatable bonds is 4. The van der Waals surface area contributed by atoms with Gasteiger partial charge < -0.3 is 10.6 Å². The van der Waals surface area contributed by atoms with Crippen LogP contribution in [0.4, 0.5) is 17.5 Å². The molecule has 0 aromatic carbocycles. The zero-order chi connectivity index (χ0) is 14.9. The highest BCUT2D eigenvalue weighted by molar-refractivity contribution is 9.11. The van der Waals surface area contributed by atoms with E-state index >= 15 is 0 Å². The normalized spacial score (nSPS) is 10.6. The first-order chi connectivity index (χ1) is 9.38. The topological polar surface area (TPSA) is 98.2 Å². The number of nitro groups is 1. The molecular weight excluding hydrogens is 346 g/mol. The molecule has 2 aromatic heterocycles. The number of halogens is 1. The van der Waals surface area contributed by atoms with Gasteiger partial charge in [0.15, 0.2) is 0 Å². The van der Waals surface area contributed by atoms with Gasteiger partial charge in [-0.25, -0.2) is 4.98 Å². The minimum atomic E-state index is -0.482. The third-order valence-electron chi connectivity index (χ3n) is 2.64. The van der Waals surface area contributed by atoms with E-state index < -0.39 is 4.92 Å². The van der Waals surface area contributed by atoms with E-state index in [4.69, 9.17) is 5.73 Å². The predicted octanol–water partition coefficient (Wildman–Crippen LogP) is 2.74. The molecule has 2 aromatic rings. The van der Waals surface area contributed by atoms with Crippen LogP contribution in [0, 0.1) is 17.0 Å². The minimum Gasteiger partial charge on any atom is -0.368 e. The van der Waals surface area contributed by atoms with Crippen molar-refractivity contribution in [1.29, 1.82) is 0 Å². The standard InChI is InChI=1S/C11H12BrN5O2S/c1-6-9(17(18)19)10(15-11(13)14-6)16(2)4-7-3-8(12)20-5-7/h3,5H,4H2,1-2H3,(H2,13,14,15). The lowest BCUT2D eigenvalue weighted by molar-refractivity contribution is -0.385. The fourth-order valence-corrected chi connectivity index (χ4v) is 3.03. The molecule has 0 fully saturated rings. The van der Waals surface area contributed by atoms with Gasteiger partial charge in [-0.2, -0.15) is 4.98 Å². The van der Waals surface area contributed by atoms with Gasteiger partial charge in [0.25, 0.3) is 0 Å². The molecule has 2 heterocycles. The Bertz CT molecular complexity index is 660. The highest BCUT2D eigenvalue weighted by Gasteiger charge is 2.24. The average Bonchev–Trinajstić information content (AvgIpc) is 2.72. The van der Waals surface area contributed by atoms with E-state index in [9.17, 15) is 10.1 Å². The smallest absolute Gasteiger partial charge is 0.332 e. The molecule has 0 aliphatic heterocycles. The summed E-state index contributed by atoms with van der Waals surface area (Å²) in [6.07, 6.45) is 0. The fraction of sp³-hybridized carbons (Fsp3) is 0.273. The molecule has 106 valence electrons. The summed E-state index contributed by atoms with van der Waals surface area (Å²) in [7, 11) is 1.74. The van der Waals surface area contributed by atoms with E-state index in [2.05, 4.69) is 25.9 Å². The van der Waals surface area contributed by atoms with Crippen molar-refractivity contribution in [2.75, 3.05) is 17.7 Å². The van der Waals surface area contributed by atoms with Gasteiger partial charge >= 0.3 is 5.69 Å². The maximum atomic E-state index is 11.2. The van der Waals surface area contributed by atoms with Crippen molar-refractivity contribution in [1.82, 2.24) is 9.97 Å². The average molecular weight is 358 g/mol. The van der Waals surface area contributed by atoms with Crippen LogP contribution in [0.2, 0.25) is 0 Å². The number of nitrogens with two attached hydrogens (primary N) is 1. The van der Waals surface area contributed by atoms with E-state index in [0.29, 0.717) is 6.54 Å². The minimum absolute atomic E-state index is 0.0291. The summed E-state index contributed by atoms with van der Waals surface area (Å²) in [6.45, 7) is 2.05. The third kappa shape index (κ3) is 3.05. The molecule has 0 radical (unpaired) electrons. The van der Waals surface area contributed by atoms with Gasteiger partial charge in [-0.1, -0.05) is 0 Å². The van der Waals surface area contributed by atoms with Crippen LogP contribution < -0.4 is 10.6 Å². The summed E-state index contributed by atoms with van der Waals surface area (Å²) in [5, 5.41) is 13.1. The van der Waals surface area contributed by atoms with Gasteiger partial charge in [-0.05, 0) is 39.9 Å². The summed E-state index contributed by atoms with van der Waals surface area (Å²) < 4.78 is 1.01. The Hall–Kier alpha value is -1.74. The van der Waals surface area contributed by atoms with Crippen molar-refractivity contribution in [2.24, 2.45) is 0 Å². The van der Waals surface area contributed by atoms with Crippen LogP contribution in [-0.2, 0) is 6.54 Å². The number of hydrogen-bond donors (Lipinski definition) is 1. The van der Waals surface area contributed by atoms with Gasteiger partial charge in [0, 0.05) is 13.6 Å². The monoisotopic (exact) mass is 357 g/mol. The molecule has 2 N–H and O–H groups in total. The molecule has 20 heavy (non-hydrogen) atoms. The maximum Gasteiger partial charge on any atom is 0.332 e. The van der Waals surface area contributed by atoms with E-state index in [1.54, 1.807) is 30.2 Å². The van der Waals surface area contributed by atoms with Gasteiger partial charge in [0.2, 0.25) is 11.8 Å². The summed E-state index contributed by atoms with van der Waals surface area (Å²) in [5.74, 6) is 0.253. The van der Waals surface area contributed by atoms with E-state index in [-0.39, 0.29) is 23.1 Å². The summed E-state index contributed by atoms with van der Waals surface area (Å²) in [6, 6.07) is 1.96. The molecule has 7 nitrogen and oxygen atoms in total. The molecule has 0 aliphatic carbocycles. The SMILES string of the molecule is Cc1nc(N)nc(N(C)Cc2csc(Br)c2)c1[N+](=O)[O-]. The zero-order valence-corrected chi connectivity index (χ0v) is 13.2. The molecule has 0 unspecified atom stereocenters. The number of aryl methyl sites for hydroxylation is 1. The molecule has 2 rings (SSSR count). The van der Waals surface area contributed by atoms with Crippen molar-refractivity contribution in [3.05, 3.63) is 36.6 Å². The second-order valence-corrected chi connectivity index (χ2v) is 6.50. The van der Waals surface area contributed by atoms with Crippen LogP contribution >= 0.6 is 27.3 Å². The Morgan fingerprint density at radius 2 is 2.25 bits per heavy atom. The Balaban J connectivity index is 2.38. The Kier molecular flexibility index (Phi) is 4.19. The Morgan fingerprint density at radius 3 is 2.80 bits per heavy atom. The van der Waals surface area contributed by atoms with Crippen LogP contribution in [0.15, 0.2) is 15.2 Å². The Morgan fingerprint density at radius 1 is 1.55 bits per heavy atom.